The number of ether oxygens (including phenoxy) is 3. The van der Waals surface area contributed by atoms with Crippen molar-refractivity contribution in [1.82, 2.24) is 16.2 Å². The molecule has 1 saturated heterocycles. The summed E-state index contributed by atoms with van der Waals surface area (Å²) >= 11 is 0. The lowest BCUT2D eigenvalue weighted by Crippen LogP contribution is -2.42. The fourth-order valence-corrected chi connectivity index (χ4v) is 3.31. The molecule has 1 aliphatic rings. The van der Waals surface area contributed by atoms with Gasteiger partial charge in [0, 0.05) is 18.2 Å². The smallest absolute Gasteiger partial charge is 0.238 e. The predicted octanol–water partition coefficient (Wildman–Crippen LogP) is 2.72. The van der Waals surface area contributed by atoms with Crippen LogP contribution in [0.3, 0.4) is 0 Å². The maximum absolute atomic E-state index is 12.6. The average Bonchev–Trinajstić information content (AvgIpc) is 3.22. The maximum Gasteiger partial charge on any atom is 0.238 e. The first kappa shape index (κ1) is 21.0. The monoisotopic (exact) mass is 399 g/mol. The molecule has 156 valence electrons. The Balaban J connectivity index is 1.54. The third kappa shape index (κ3) is 5.40. The maximum atomic E-state index is 12.6. The van der Waals surface area contributed by atoms with E-state index in [4.69, 9.17) is 14.2 Å². The van der Waals surface area contributed by atoms with Crippen molar-refractivity contribution in [3.8, 4) is 17.2 Å². The second-order valence-electron chi connectivity index (χ2n) is 7.27. The van der Waals surface area contributed by atoms with Gasteiger partial charge in [-0.15, -0.1) is 0 Å². The van der Waals surface area contributed by atoms with Gasteiger partial charge in [-0.25, -0.2) is 10.9 Å². The SMILES string of the molecule is COc1ccc(C2CC(C(=O)NCc3ccc(OC(C)C)cc3)NN2)c(OC)c1. The van der Waals surface area contributed by atoms with Crippen LogP contribution in [0.5, 0.6) is 17.2 Å². The molecule has 0 saturated carbocycles. The quantitative estimate of drug-likeness (QED) is 0.633. The second kappa shape index (κ2) is 9.62. The number of carbonyl (C=O) groups is 1. The number of hydrogen-bond acceptors (Lipinski definition) is 6. The van der Waals surface area contributed by atoms with Gasteiger partial charge in [0.2, 0.25) is 5.91 Å². The van der Waals surface area contributed by atoms with Gasteiger partial charge in [0.05, 0.1) is 26.4 Å². The largest absolute Gasteiger partial charge is 0.497 e. The van der Waals surface area contributed by atoms with Crippen LogP contribution >= 0.6 is 0 Å². The highest BCUT2D eigenvalue weighted by Gasteiger charge is 2.31. The minimum atomic E-state index is -0.324. The number of amides is 1. The topological polar surface area (TPSA) is 80.9 Å². The summed E-state index contributed by atoms with van der Waals surface area (Å²) in [5.41, 5.74) is 8.28. The van der Waals surface area contributed by atoms with Crippen LogP contribution in [0.4, 0.5) is 0 Å². The Bertz CT molecular complexity index is 823. The van der Waals surface area contributed by atoms with Crippen molar-refractivity contribution in [3.05, 3.63) is 53.6 Å². The van der Waals surface area contributed by atoms with Crippen LogP contribution in [0.15, 0.2) is 42.5 Å². The molecule has 2 aromatic rings. The van der Waals surface area contributed by atoms with Gasteiger partial charge in [-0.3, -0.25) is 4.79 Å². The van der Waals surface area contributed by atoms with Gasteiger partial charge in [-0.2, -0.15) is 0 Å². The molecule has 7 nitrogen and oxygen atoms in total. The predicted molar refractivity (Wildman–Crippen MR) is 111 cm³/mol. The first-order valence-electron chi connectivity index (χ1n) is 9.76. The number of carbonyl (C=O) groups excluding carboxylic acids is 1. The van der Waals surface area contributed by atoms with E-state index in [1.165, 1.54) is 0 Å². The Morgan fingerprint density at radius 3 is 2.45 bits per heavy atom. The van der Waals surface area contributed by atoms with Crippen LogP contribution in [-0.4, -0.2) is 32.3 Å². The number of nitrogens with one attached hydrogen (secondary N) is 3. The number of hydrogen-bond donors (Lipinski definition) is 3. The average molecular weight is 399 g/mol. The Hall–Kier alpha value is -2.77. The van der Waals surface area contributed by atoms with Crippen molar-refractivity contribution < 1.29 is 19.0 Å². The zero-order chi connectivity index (χ0) is 20.8. The molecule has 0 bridgehead atoms. The number of benzene rings is 2. The van der Waals surface area contributed by atoms with Gasteiger partial charge in [0.1, 0.15) is 23.3 Å². The first-order valence-corrected chi connectivity index (χ1v) is 9.76. The van der Waals surface area contributed by atoms with Gasteiger partial charge >= 0.3 is 0 Å². The summed E-state index contributed by atoms with van der Waals surface area (Å²) in [5.74, 6) is 2.24. The van der Waals surface area contributed by atoms with Crippen molar-refractivity contribution >= 4 is 5.91 Å². The highest BCUT2D eigenvalue weighted by atomic mass is 16.5. The van der Waals surface area contributed by atoms with Crippen LogP contribution < -0.4 is 30.4 Å². The standard InChI is InChI=1S/C22H29N3O4/c1-14(2)29-16-7-5-15(6-8-16)13-23-22(26)20-12-19(24-25-20)18-10-9-17(27-3)11-21(18)28-4/h5-11,14,19-20,24-25H,12-13H2,1-4H3,(H,23,26). The van der Waals surface area contributed by atoms with E-state index in [0.717, 1.165) is 28.4 Å². The Morgan fingerprint density at radius 2 is 1.79 bits per heavy atom. The summed E-state index contributed by atoms with van der Waals surface area (Å²) in [7, 11) is 3.25. The van der Waals surface area contributed by atoms with Gasteiger partial charge in [-0.05, 0) is 44.0 Å². The summed E-state index contributed by atoms with van der Waals surface area (Å²) in [4.78, 5) is 12.6. The molecular weight excluding hydrogens is 370 g/mol. The highest BCUT2D eigenvalue weighted by molar-refractivity contribution is 5.82. The first-order chi connectivity index (χ1) is 14.0. The summed E-state index contributed by atoms with van der Waals surface area (Å²) in [6, 6.07) is 13.1. The third-order valence-corrected chi connectivity index (χ3v) is 4.80. The van der Waals surface area contributed by atoms with Gasteiger partial charge in [0.15, 0.2) is 0 Å². The van der Waals surface area contributed by atoms with Crippen LogP contribution in [-0.2, 0) is 11.3 Å². The van der Waals surface area contributed by atoms with Crippen LogP contribution in [0, 0.1) is 0 Å². The fraction of sp³-hybridized carbons (Fsp3) is 0.409. The summed E-state index contributed by atoms with van der Waals surface area (Å²) in [6.07, 6.45) is 0.758. The van der Waals surface area contributed by atoms with E-state index >= 15 is 0 Å². The minimum absolute atomic E-state index is 0.0286. The Kier molecular flexibility index (Phi) is 6.95. The molecule has 0 radical (unpaired) electrons. The molecule has 0 aliphatic carbocycles. The van der Waals surface area contributed by atoms with E-state index in [9.17, 15) is 4.79 Å². The lowest BCUT2D eigenvalue weighted by molar-refractivity contribution is -0.123. The van der Waals surface area contributed by atoms with E-state index in [1.54, 1.807) is 14.2 Å². The van der Waals surface area contributed by atoms with Gasteiger partial charge in [0.25, 0.3) is 0 Å². The fourth-order valence-electron chi connectivity index (χ4n) is 3.31. The molecule has 2 aromatic carbocycles. The zero-order valence-corrected chi connectivity index (χ0v) is 17.3. The van der Waals surface area contributed by atoms with E-state index in [2.05, 4.69) is 16.2 Å². The van der Waals surface area contributed by atoms with Crippen molar-refractivity contribution in [3.63, 3.8) is 0 Å². The van der Waals surface area contributed by atoms with E-state index in [1.807, 2.05) is 56.3 Å². The summed E-state index contributed by atoms with van der Waals surface area (Å²) < 4.78 is 16.4. The number of methoxy groups -OCH3 is 2. The molecule has 29 heavy (non-hydrogen) atoms. The molecule has 1 heterocycles. The van der Waals surface area contributed by atoms with Crippen LogP contribution in [0.1, 0.15) is 37.4 Å². The molecule has 0 spiro atoms. The molecule has 1 aliphatic heterocycles. The van der Waals surface area contributed by atoms with Crippen molar-refractivity contribution in [1.29, 1.82) is 0 Å². The molecule has 2 atom stereocenters. The van der Waals surface area contributed by atoms with Crippen LogP contribution in [0.25, 0.3) is 0 Å². The minimum Gasteiger partial charge on any atom is -0.497 e. The van der Waals surface area contributed by atoms with E-state index in [0.29, 0.717) is 13.0 Å². The summed E-state index contributed by atoms with van der Waals surface area (Å²) in [6.45, 7) is 4.45. The second-order valence-corrected chi connectivity index (χ2v) is 7.27. The lowest BCUT2D eigenvalue weighted by Gasteiger charge is -2.15. The normalized spacial score (nSPS) is 18.5. The Morgan fingerprint density at radius 1 is 1.07 bits per heavy atom. The van der Waals surface area contributed by atoms with Crippen molar-refractivity contribution in [2.24, 2.45) is 0 Å². The number of rotatable bonds is 8. The van der Waals surface area contributed by atoms with Gasteiger partial charge < -0.3 is 19.5 Å². The molecule has 3 rings (SSSR count). The molecule has 1 fully saturated rings. The number of hydrazine groups is 1. The summed E-state index contributed by atoms with van der Waals surface area (Å²) in [5, 5.41) is 2.99. The molecule has 2 unspecified atom stereocenters. The highest BCUT2D eigenvalue weighted by Crippen LogP contribution is 2.33. The zero-order valence-electron chi connectivity index (χ0n) is 17.3. The van der Waals surface area contributed by atoms with Crippen LogP contribution in [0.2, 0.25) is 0 Å². The van der Waals surface area contributed by atoms with Crippen molar-refractivity contribution in [2.75, 3.05) is 14.2 Å². The molecule has 0 aromatic heterocycles. The van der Waals surface area contributed by atoms with Gasteiger partial charge in [-0.1, -0.05) is 18.2 Å². The van der Waals surface area contributed by atoms with E-state index < -0.39 is 0 Å². The third-order valence-electron chi connectivity index (χ3n) is 4.80. The lowest BCUT2D eigenvalue weighted by atomic mass is 10.0. The van der Waals surface area contributed by atoms with Crippen molar-refractivity contribution in [2.45, 2.75) is 45.0 Å². The Labute approximate surface area is 171 Å². The molecule has 1 amide bonds. The van der Waals surface area contributed by atoms with E-state index in [-0.39, 0.29) is 24.1 Å². The molecule has 3 N–H and O–H groups in total. The molecule has 7 heteroatoms. The molecular formula is C22H29N3O4.